The molecular formula is C19H21N7O. The first kappa shape index (κ1) is 17.1. The van der Waals surface area contributed by atoms with Gasteiger partial charge in [0.2, 0.25) is 0 Å². The molecule has 0 bridgehead atoms. The van der Waals surface area contributed by atoms with E-state index >= 15 is 0 Å². The molecule has 0 radical (unpaired) electrons. The fourth-order valence-electron chi connectivity index (χ4n) is 2.74. The van der Waals surface area contributed by atoms with Crippen LogP contribution >= 0.6 is 0 Å². The smallest absolute Gasteiger partial charge is 0.277 e. The Hall–Kier alpha value is -3.29. The molecule has 1 aliphatic rings. The van der Waals surface area contributed by atoms with Gasteiger partial charge in [-0.3, -0.25) is 9.48 Å². The van der Waals surface area contributed by atoms with Crippen LogP contribution in [0.3, 0.4) is 0 Å². The third-order valence-corrected chi connectivity index (χ3v) is 4.35. The molecule has 0 aliphatic heterocycles. The lowest BCUT2D eigenvalue weighted by atomic mass is 10.2. The molecule has 3 aromatic rings. The summed E-state index contributed by atoms with van der Waals surface area (Å²) in [7, 11) is 0. The van der Waals surface area contributed by atoms with Crippen LogP contribution in [-0.2, 0) is 0 Å². The minimum Gasteiger partial charge on any atom is -0.351 e. The average molecular weight is 363 g/mol. The number of pyridine rings is 1. The van der Waals surface area contributed by atoms with E-state index in [4.69, 9.17) is 0 Å². The monoisotopic (exact) mass is 363 g/mol. The molecule has 0 atom stereocenters. The van der Waals surface area contributed by atoms with Gasteiger partial charge < -0.3 is 10.6 Å². The Balaban J connectivity index is 1.61. The number of anilines is 3. The van der Waals surface area contributed by atoms with Gasteiger partial charge in [0, 0.05) is 29.9 Å². The standard InChI is InChI=1S/C19H21N7O/c1-12(2)26-8-7-17(25-26)24-19(27)18-16(22-14-9-20-11-21-10-14)6-5-15(23-18)13-3-4-13/h5-13,22H,3-4H2,1-2H3,(H,24,25,27). The van der Waals surface area contributed by atoms with Crippen molar-refractivity contribution in [3.05, 3.63) is 54.5 Å². The van der Waals surface area contributed by atoms with E-state index in [0.717, 1.165) is 18.5 Å². The zero-order valence-corrected chi connectivity index (χ0v) is 15.3. The molecule has 4 rings (SSSR count). The highest BCUT2D eigenvalue weighted by Crippen LogP contribution is 2.39. The van der Waals surface area contributed by atoms with Crippen LogP contribution in [0.2, 0.25) is 0 Å². The Morgan fingerprint density at radius 1 is 1.19 bits per heavy atom. The van der Waals surface area contributed by atoms with E-state index in [0.29, 0.717) is 28.8 Å². The maximum Gasteiger partial charge on any atom is 0.277 e. The van der Waals surface area contributed by atoms with E-state index in [9.17, 15) is 4.79 Å². The van der Waals surface area contributed by atoms with Crippen LogP contribution in [0.15, 0.2) is 43.1 Å². The quantitative estimate of drug-likeness (QED) is 0.695. The lowest BCUT2D eigenvalue weighted by Gasteiger charge is -2.12. The third-order valence-electron chi connectivity index (χ3n) is 4.35. The van der Waals surface area contributed by atoms with Gasteiger partial charge >= 0.3 is 0 Å². The molecule has 1 fully saturated rings. The Labute approximate surface area is 157 Å². The first-order valence-corrected chi connectivity index (χ1v) is 8.99. The first-order valence-electron chi connectivity index (χ1n) is 8.99. The Morgan fingerprint density at radius 2 is 1.96 bits per heavy atom. The number of carbonyl (C=O) groups is 1. The average Bonchev–Trinajstić information content (AvgIpc) is 3.41. The van der Waals surface area contributed by atoms with Crippen molar-refractivity contribution in [3.8, 4) is 0 Å². The number of rotatable bonds is 6. The number of aromatic nitrogens is 5. The second kappa shape index (κ2) is 7.14. The van der Waals surface area contributed by atoms with Crippen molar-refractivity contribution in [2.75, 3.05) is 10.6 Å². The summed E-state index contributed by atoms with van der Waals surface area (Å²) in [6, 6.07) is 5.85. The van der Waals surface area contributed by atoms with Gasteiger partial charge in [-0.05, 0) is 38.8 Å². The molecule has 0 unspecified atom stereocenters. The minimum atomic E-state index is -0.300. The van der Waals surface area contributed by atoms with E-state index < -0.39 is 0 Å². The summed E-state index contributed by atoms with van der Waals surface area (Å²) >= 11 is 0. The highest BCUT2D eigenvalue weighted by Gasteiger charge is 2.27. The zero-order valence-electron chi connectivity index (χ0n) is 15.3. The van der Waals surface area contributed by atoms with Crippen LogP contribution in [0.5, 0.6) is 0 Å². The molecule has 0 aromatic carbocycles. The normalized spacial score (nSPS) is 13.6. The van der Waals surface area contributed by atoms with Crippen molar-refractivity contribution < 1.29 is 4.79 Å². The van der Waals surface area contributed by atoms with Crippen molar-refractivity contribution in [2.45, 2.75) is 38.6 Å². The van der Waals surface area contributed by atoms with Gasteiger partial charge in [-0.2, -0.15) is 5.10 Å². The number of hydrogen-bond acceptors (Lipinski definition) is 6. The lowest BCUT2D eigenvalue weighted by Crippen LogP contribution is -2.17. The van der Waals surface area contributed by atoms with E-state index in [1.165, 1.54) is 6.33 Å². The summed E-state index contributed by atoms with van der Waals surface area (Å²) in [5.41, 5.74) is 2.58. The number of nitrogens with zero attached hydrogens (tertiary/aromatic N) is 5. The van der Waals surface area contributed by atoms with Gasteiger partial charge in [-0.15, -0.1) is 0 Å². The maximum absolute atomic E-state index is 12.9. The van der Waals surface area contributed by atoms with Crippen molar-refractivity contribution in [3.63, 3.8) is 0 Å². The number of amides is 1. The van der Waals surface area contributed by atoms with E-state index in [-0.39, 0.29) is 11.9 Å². The van der Waals surface area contributed by atoms with E-state index in [1.54, 1.807) is 23.1 Å². The zero-order chi connectivity index (χ0) is 18.8. The Morgan fingerprint density at radius 3 is 2.63 bits per heavy atom. The number of nitrogens with one attached hydrogen (secondary N) is 2. The predicted octanol–water partition coefficient (Wildman–Crippen LogP) is 3.52. The summed E-state index contributed by atoms with van der Waals surface area (Å²) in [4.78, 5) is 25.5. The first-order chi connectivity index (χ1) is 13.1. The third kappa shape index (κ3) is 3.94. The van der Waals surface area contributed by atoms with Crippen molar-refractivity contribution in [1.82, 2.24) is 24.7 Å². The molecule has 138 valence electrons. The van der Waals surface area contributed by atoms with Crippen LogP contribution in [0, 0.1) is 0 Å². The van der Waals surface area contributed by atoms with Gasteiger partial charge in [0.05, 0.1) is 23.8 Å². The van der Waals surface area contributed by atoms with Crippen LogP contribution < -0.4 is 10.6 Å². The Bertz CT molecular complexity index is 948. The molecule has 1 amide bonds. The topological polar surface area (TPSA) is 97.6 Å². The van der Waals surface area contributed by atoms with Crippen LogP contribution in [0.4, 0.5) is 17.2 Å². The van der Waals surface area contributed by atoms with Crippen molar-refractivity contribution in [1.29, 1.82) is 0 Å². The molecule has 3 heterocycles. The molecule has 8 heteroatoms. The largest absolute Gasteiger partial charge is 0.351 e. The van der Waals surface area contributed by atoms with Gasteiger partial charge in [-0.1, -0.05) is 0 Å². The SMILES string of the molecule is CC(C)n1ccc(NC(=O)c2nc(C3CC3)ccc2Nc2cncnc2)n1. The maximum atomic E-state index is 12.9. The molecule has 27 heavy (non-hydrogen) atoms. The van der Waals surface area contributed by atoms with Gasteiger partial charge in [0.1, 0.15) is 6.33 Å². The summed E-state index contributed by atoms with van der Waals surface area (Å²) in [6.45, 7) is 4.06. The highest BCUT2D eigenvalue weighted by atomic mass is 16.2. The molecule has 3 aromatic heterocycles. The second-order valence-corrected chi connectivity index (χ2v) is 6.89. The Kier molecular flexibility index (Phi) is 4.53. The summed E-state index contributed by atoms with van der Waals surface area (Å²) < 4.78 is 1.80. The highest BCUT2D eigenvalue weighted by molar-refractivity contribution is 6.06. The lowest BCUT2D eigenvalue weighted by molar-refractivity contribution is 0.102. The number of hydrogen-bond donors (Lipinski definition) is 2. The van der Waals surface area contributed by atoms with E-state index in [1.807, 2.05) is 32.2 Å². The molecular weight excluding hydrogens is 342 g/mol. The summed E-state index contributed by atoms with van der Waals surface area (Å²) in [5.74, 6) is 0.651. The van der Waals surface area contributed by atoms with Crippen LogP contribution in [0.25, 0.3) is 0 Å². The van der Waals surface area contributed by atoms with Gasteiger partial charge in [0.25, 0.3) is 5.91 Å². The molecule has 8 nitrogen and oxygen atoms in total. The van der Waals surface area contributed by atoms with Gasteiger partial charge in [-0.25, -0.2) is 15.0 Å². The fourth-order valence-corrected chi connectivity index (χ4v) is 2.74. The molecule has 0 spiro atoms. The van der Waals surface area contributed by atoms with Crippen LogP contribution in [0.1, 0.15) is 54.8 Å². The fraction of sp³-hybridized carbons (Fsp3) is 0.316. The summed E-state index contributed by atoms with van der Waals surface area (Å²) in [5, 5.41) is 10.4. The van der Waals surface area contributed by atoms with Crippen molar-refractivity contribution >= 4 is 23.1 Å². The minimum absolute atomic E-state index is 0.224. The second-order valence-electron chi connectivity index (χ2n) is 6.89. The molecule has 0 saturated heterocycles. The van der Waals surface area contributed by atoms with Crippen molar-refractivity contribution in [2.24, 2.45) is 0 Å². The predicted molar refractivity (Wildman–Crippen MR) is 102 cm³/mol. The summed E-state index contributed by atoms with van der Waals surface area (Å²) in [6.07, 6.45) is 8.83. The van der Waals surface area contributed by atoms with Crippen LogP contribution in [-0.4, -0.2) is 30.6 Å². The van der Waals surface area contributed by atoms with Gasteiger partial charge in [0.15, 0.2) is 11.5 Å². The van der Waals surface area contributed by atoms with E-state index in [2.05, 4.69) is 30.7 Å². The number of carbonyl (C=O) groups excluding carboxylic acids is 1. The molecule has 2 N–H and O–H groups in total. The molecule has 1 saturated carbocycles. The molecule has 1 aliphatic carbocycles.